The van der Waals surface area contributed by atoms with Gasteiger partial charge in [0.1, 0.15) is 12.0 Å². The first kappa shape index (κ1) is 13.5. The van der Waals surface area contributed by atoms with E-state index in [9.17, 15) is 0 Å². The molecule has 3 N–H and O–H groups in total. The molecular formula is C17H19N3O. The highest BCUT2D eigenvalue weighted by atomic mass is 16.3. The highest BCUT2D eigenvalue weighted by Gasteiger charge is 2.16. The second kappa shape index (κ2) is 5.13. The van der Waals surface area contributed by atoms with Gasteiger partial charge in [-0.25, -0.2) is 0 Å². The van der Waals surface area contributed by atoms with E-state index in [1.807, 2.05) is 13.0 Å². The molecule has 0 bridgehead atoms. The summed E-state index contributed by atoms with van der Waals surface area (Å²) in [6, 6.07) is 10.4. The van der Waals surface area contributed by atoms with Crippen molar-refractivity contribution >= 4 is 5.82 Å². The summed E-state index contributed by atoms with van der Waals surface area (Å²) in [6.45, 7) is 6.28. The van der Waals surface area contributed by atoms with E-state index in [-0.39, 0.29) is 0 Å². The average Bonchev–Trinajstić information content (AvgIpc) is 3.05. The van der Waals surface area contributed by atoms with Crippen LogP contribution in [0, 0.1) is 6.92 Å². The molecule has 4 nitrogen and oxygen atoms in total. The number of benzene rings is 1. The van der Waals surface area contributed by atoms with Crippen molar-refractivity contribution in [3.63, 3.8) is 0 Å². The van der Waals surface area contributed by atoms with Crippen LogP contribution in [0.2, 0.25) is 0 Å². The lowest BCUT2D eigenvalue weighted by atomic mass is 9.97. The zero-order chi connectivity index (χ0) is 15.0. The number of aryl methyl sites for hydroxylation is 1. The largest absolute Gasteiger partial charge is 0.469 e. The van der Waals surface area contributed by atoms with Crippen molar-refractivity contribution in [1.82, 2.24) is 10.2 Å². The molecular weight excluding hydrogens is 262 g/mol. The first-order chi connectivity index (χ1) is 10.1. The van der Waals surface area contributed by atoms with Crippen molar-refractivity contribution in [2.24, 2.45) is 0 Å². The minimum absolute atomic E-state index is 0.501. The van der Waals surface area contributed by atoms with Crippen molar-refractivity contribution in [2.45, 2.75) is 26.7 Å². The maximum absolute atomic E-state index is 6.04. The number of hydrogen-bond acceptors (Lipinski definition) is 3. The third-order valence-electron chi connectivity index (χ3n) is 3.68. The van der Waals surface area contributed by atoms with Gasteiger partial charge in [0.05, 0.1) is 11.3 Å². The number of nitrogen functional groups attached to an aromatic ring is 1. The van der Waals surface area contributed by atoms with E-state index in [1.165, 1.54) is 5.56 Å². The number of nitrogens with one attached hydrogen (secondary N) is 1. The fourth-order valence-corrected chi connectivity index (χ4v) is 2.47. The topological polar surface area (TPSA) is 67.8 Å². The zero-order valence-corrected chi connectivity index (χ0v) is 12.5. The van der Waals surface area contributed by atoms with Crippen molar-refractivity contribution in [3.05, 3.63) is 47.9 Å². The van der Waals surface area contributed by atoms with Crippen molar-refractivity contribution in [2.75, 3.05) is 5.73 Å². The molecule has 0 aliphatic heterocycles. The van der Waals surface area contributed by atoms with Gasteiger partial charge in [-0.15, -0.1) is 0 Å². The van der Waals surface area contributed by atoms with E-state index in [0.29, 0.717) is 11.7 Å². The Kier molecular flexibility index (Phi) is 3.29. The van der Waals surface area contributed by atoms with Crippen LogP contribution in [0.25, 0.3) is 22.4 Å². The number of anilines is 1. The molecule has 0 aliphatic carbocycles. The molecule has 0 spiro atoms. The molecule has 108 valence electrons. The van der Waals surface area contributed by atoms with Crippen LogP contribution in [0.3, 0.4) is 0 Å². The number of hydrogen-bond donors (Lipinski definition) is 2. The van der Waals surface area contributed by atoms with Gasteiger partial charge >= 0.3 is 0 Å². The van der Waals surface area contributed by atoms with Crippen LogP contribution in [-0.4, -0.2) is 10.2 Å². The second-order valence-electron chi connectivity index (χ2n) is 5.58. The predicted molar refractivity (Wildman–Crippen MR) is 85.0 cm³/mol. The van der Waals surface area contributed by atoms with E-state index in [2.05, 4.69) is 48.3 Å². The Morgan fingerprint density at radius 2 is 1.86 bits per heavy atom. The number of aromatic amines is 1. The smallest absolute Gasteiger partial charge is 0.153 e. The number of nitrogens with two attached hydrogens (primary N) is 1. The number of H-pyrrole nitrogens is 1. The highest BCUT2D eigenvalue weighted by molar-refractivity contribution is 5.87. The van der Waals surface area contributed by atoms with Gasteiger partial charge in [0.25, 0.3) is 0 Å². The van der Waals surface area contributed by atoms with Gasteiger partial charge in [-0.05, 0) is 30.0 Å². The lowest BCUT2D eigenvalue weighted by Crippen LogP contribution is -1.90. The maximum Gasteiger partial charge on any atom is 0.153 e. The van der Waals surface area contributed by atoms with Crippen molar-refractivity contribution in [3.8, 4) is 22.4 Å². The third-order valence-corrected chi connectivity index (χ3v) is 3.68. The second-order valence-corrected chi connectivity index (χ2v) is 5.58. The van der Waals surface area contributed by atoms with E-state index < -0.39 is 0 Å². The molecule has 3 aromatic rings. The summed E-state index contributed by atoms with van der Waals surface area (Å²) in [4.78, 5) is 0. The van der Waals surface area contributed by atoms with Crippen LogP contribution in [0.4, 0.5) is 5.82 Å². The third kappa shape index (κ3) is 2.44. The molecule has 0 fully saturated rings. The maximum atomic E-state index is 6.04. The average molecular weight is 281 g/mol. The SMILES string of the molecule is Cc1cc(-c2[nH]nc(N)c2-c2ccc(C(C)C)cc2)co1. The molecule has 0 radical (unpaired) electrons. The Morgan fingerprint density at radius 3 is 2.43 bits per heavy atom. The van der Waals surface area contributed by atoms with Crippen LogP contribution in [-0.2, 0) is 0 Å². The molecule has 1 aromatic carbocycles. The summed E-state index contributed by atoms with van der Waals surface area (Å²) in [5.74, 6) is 1.87. The van der Waals surface area contributed by atoms with Crippen molar-refractivity contribution in [1.29, 1.82) is 0 Å². The minimum atomic E-state index is 0.501. The molecule has 0 amide bonds. The summed E-state index contributed by atoms with van der Waals surface area (Å²) < 4.78 is 5.38. The van der Waals surface area contributed by atoms with Gasteiger partial charge in [-0.2, -0.15) is 5.10 Å². The number of nitrogens with zero attached hydrogens (tertiary/aromatic N) is 1. The first-order valence-corrected chi connectivity index (χ1v) is 7.06. The molecule has 0 atom stereocenters. The summed E-state index contributed by atoms with van der Waals surface area (Å²) in [7, 11) is 0. The highest BCUT2D eigenvalue weighted by Crippen LogP contribution is 2.35. The number of aromatic nitrogens is 2. The zero-order valence-electron chi connectivity index (χ0n) is 12.5. The fraction of sp³-hybridized carbons (Fsp3) is 0.235. The molecule has 0 saturated carbocycles. The van der Waals surface area contributed by atoms with E-state index >= 15 is 0 Å². The van der Waals surface area contributed by atoms with E-state index in [4.69, 9.17) is 10.2 Å². The Balaban J connectivity index is 2.08. The van der Waals surface area contributed by atoms with Crippen LogP contribution >= 0.6 is 0 Å². The molecule has 3 rings (SSSR count). The molecule has 2 heterocycles. The molecule has 2 aromatic heterocycles. The number of rotatable bonds is 3. The lowest BCUT2D eigenvalue weighted by Gasteiger charge is -2.07. The standard InChI is InChI=1S/C17H19N3O/c1-10(2)12-4-6-13(7-5-12)15-16(19-20-17(15)18)14-8-11(3)21-9-14/h4-10H,1-3H3,(H3,18,19,20). The van der Waals surface area contributed by atoms with Crippen molar-refractivity contribution < 1.29 is 4.42 Å². The first-order valence-electron chi connectivity index (χ1n) is 7.06. The van der Waals surface area contributed by atoms with Gasteiger partial charge in [0.2, 0.25) is 0 Å². The van der Waals surface area contributed by atoms with Gasteiger partial charge in [0, 0.05) is 5.56 Å². The Hall–Kier alpha value is -2.49. The molecule has 4 heteroatoms. The van der Waals surface area contributed by atoms with Crippen LogP contribution in [0.15, 0.2) is 41.0 Å². The molecule has 0 aliphatic rings. The summed E-state index contributed by atoms with van der Waals surface area (Å²) >= 11 is 0. The fourth-order valence-electron chi connectivity index (χ4n) is 2.47. The predicted octanol–water partition coefficient (Wildman–Crippen LogP) is 4.35. The number of furan rings is 1. The van der Waals surface area contributed by atoms with E-state index in [0.717, 1.165) is 28.1 Å². The quantitative estimate of drug-likeness (QED) is 0.750. The monoisotopic (exact) mass is 281 g/mol. The molecule has 21 heavy (non-hydrogen) atoms. The van der Waals surface area contributed by atoms with Gasteiger partial charge in [-0.1, -0.05) is 38.1 Å². The lowest BCUT2D eigenvalue weighted by molar-refractivity contribution is 0.535. The normalized spacial score (nSPS) is 11.2. The Labute approximate surface area is 124 Å². The Morgan fingerprint density at radius 1 is 1.14 bits per heavy atom. The minimum Gasteiger partial charge on any atom is -0.469 e. The van der Waals surface area contributed by atoms with E-state index in [1.54, 1.807) is 6.26 Å². The van der Waals surface area contributed by atoms with Gasteiger partial charge in [0.15, 0.2) is 5.82 Å². The van der Waals surface area contributed by atoms with Crippen LogP contribution in [0.1, 0.15) is 31.1 Å². The molecule has 0 unspecified atom stereocenters. The molecule has 0 saturated heterocycles. The summed E-state index contributed by atoms with van der Waals surface area (Å²) in [5.41, 5.74) is 11.2. The summed E-state index contributed by atoms with van der Waals surface area (Å²) in [6.07, 6.45) is 1.72. The van der Waals surface area contributed by atoms with Gasteiger partial charge < -0.3 is 10.2 Å². The van der Waals surface area contributed by atoms with Gasteiger partial charge in [-0.3, -0.25) is 5.10 Å². The van der Waals surface area contributed by atoms with Crippen LogP contribution in [0.5, 0.6) is 0 Å². The Bertz CT molecular complexity index is 751. The van der Waals surface area contributed by atoms with Crippen LogP contribution < -0.4 is 5.73 Å². The summed E-state index contributed by atoms with van der Waals surface area (Å²) in [5, 5.41) is 7.15.